The molecule has 2 amide bonds. The summed E-state index contributed by atoms with van der Waals surface area (Å²) in [5.41, 5.74) is 0. The lowest BCUT2D eigenvalue weighted by molar-refractivity contribution is -0.140. The van der Waals surface area contributed by atoms with Crippen molar-refractivity contribution in [2.45, 2.75) is 17.1 Å². The summed E-state index contributed by atoms with van der Waals surface area (Å²) in [7, 11) is -3.53. The molecule has 1 aromatic heterocycles. The Morgan fingerprint density at radius 3 is 2.45 bits per heavy atom. The van der Waals surface area contributed by atoms with E-state index in [4.69, 9.17) is 4.74 Å². The number of rotatable bonds is 5. The van der Waals surface area contributed by atoms with Gasteiger partial charge in [-0.2, -0.15) is 4.31 Å². The molecule has 0 radical (unpaired) electrons. The number of nitrogens with zero attached hydrogens (tertiary/aromatic N) is 4. The van der Waals surface area contributed by atoms with Crippen molar-refractivity contribution < 1.29 is 22.7 Å². The molecular formula is C20H30N4O5S2. The summed E-state index contributed by atoms with van der Waals surface area (Å²) in [6.45, 7) is 6.01. The molecule has 11 heteroatoms. The van der Waals surface area contributed by atoms with Crippen LogP contribution in [0.2, 0.25) is 0 Å². The molecule has 9 nitrogen and oxygen atoms in total. The molecule has 1 aromatic rings. The molecule has 0 saturated carbocycles. The number of sulfonamides is 1. The Balaban J connectivity index is 1.28. The molecule has 0 aromatic carbocycles. The van der Waals surface area contributed by atoms with Gasteiger partial charge in [0.2, 0.25) is 11.8 Å². The van der Waals surface area contributed by atoms with Crippen LogP contribution in [-0.4, -0.2) is 111 Å². The van der Waals surface area contributed by atoms with Crippen LogP contribution < -0.4 is 0 Å². The van der Waals surface area contributed by atoms with E-state index in [9.17, 15) is 18.0 Å². The van der Waals surface area contributed by atoms with Gasteiger partial charge in [-0.05, 0) is 24.3 Å². The summed E-state index contributed by atoms with van der Waals surface area (Å²) < 4.78 is 32.7. The van der Waals surface area contributed by atoms with Crippen molar-refractivity contribution in [1.82, 2.24) is 19.0 Å². The van der Waals surface area contributed by atoms with Crippen LogP contribution in [0.3, 0.4) is 0 Å². The summed E-state index contributed by atoms with van der Waals surface area (Å²) in [6, 6.07) is 3.34. The average Bonchev–Trinajstić information content (AvgIpc) is 3.36. The number of thiophene rings is 1. The molecule has 3 saturated heterocycles. The zero-order chi connectivity index (χ0) is 21.8. The Bertz CT molecular complexity index is 862. The number of hydrogen-bond acceptors (Lipinski definition) is 7. The molecule has 0 N–H and O–H groups in total. The van der Waals surface area contributed by atoms with Crippen molar-refractivity contribution in [2.75, 3.05) is 72.1 Å². The largest absolute Gasteiger partial charge is 0.378 e. The highest BCUT2D eigenvalue weighted by Crippen LogP contribution is 2.27. The van der Waals surface area contributed by atoms with E-state index in [1.807, 2.05) is 9.80 Å². The van der Waals surface area contributed by atoms with E-state index in [1.165, 1.54) is 15.6 Å². The smallest absolute Gasteiger partial charge is 0.252 e. The quantitative estimate of drug-likeness (QED) is 0.609. The third-order valence-corrected chi connectivity index (χ3v) is 9.47. The van der Waals surface area contributed by atoms with E-state index in [0.29, 0.717) is 82.6 Å². The van der Waals surface area contributed by atoms with Crippen LogP contribution in [-0.2, 0) is 24.3 Å². The lowest BCUT2D eigenvalue weighted by Crippen LogP contribution is -2.55. The topological polar surface area (TPSA) is 90.5 Å². The van der Waals surface area contributed by atoms with Crippen molar-refractivity contribution in [2.24, 2.45) is 5.92 Å². The van der Waals surface area contributed by atoms with Gasteiger partial charge in [-0.25, -0.2) is 8.42 Å². The normalized spacial score (nSPS) is 24.3. The zero-order valence-corrected chi connectivity index (χ0v) is 19.3. The highest BCUT2D eigenvalue weighted by molar-refractivity contribution is 7.91. The number of piperidine rings is 1. The Hall–Kier alpha value is -1.53. The molecule has 4 heterocycles. The van der Waals surface area contributed by atoms with Gasteiger partial charge in [-0.3, -0.25) is 14.5 Å². The maximum atomic E-state index is 13.1. The number of carbonyl (C=O) groups is 2. The molecule has 3 aliphatic heterocycles. The molecular weight excluding hydrogens is 440 g/mol. The number of carbonyl (C=O) groups excluding carboxylic acids is 2. The van der Waals surface area contributed by atoms with E-state index < -0.39 is 10.0 Å². The first-order valence-electron chi connectivity index (χ1n) is 10.9. The Labute approximate surface area is 187 Å². The summed E-state index contributed by atoms with van der Waals surface area (Å²) in [5, 5.41) is 1.75. The van der Waals surface area contributed by atoms with Crippen molar-refractivity contribution in [3.8, 4) is 0 Å². The lowest BCUT2D eigenvalue weighted by Gasteiger charge is -2.39. The van der Waals surface area contributed by atoms with Gasteiger partial charge < -0.3 is 14.5 Å². The zero-order valence-electron chi connectivity index (χ0n) is 17.6. The monoisotopic (exact) mass is 470 g/mol. The van der Waals surface area contributed by atoms with Crippen LogP contribution in [0.5, 0.6) is 0 Å². The van der Waals surface area contributed by atoms with Crippen molar-refractivity contribution in [3.05, 3.63) is 17.5 Å². The number of hydrogen-bond donors (Lipinski definition) is 0. The lowest BCUT2D eigenvalue weighted by atomic mass is 9.98. The second kappa shape index (κ2) is 9.95. The fourth-order valence-electron chi connectivity index (χ4n) is 4.39. The summed E-state index contributed by atoms with van der Waals surface area (Å²) in [6.07, 6.45) is 1.40. The van der Waals surface area contributed by atoms with Crippen molar-refractivity contribution >= 4 is 33.2 Å². The van der Waals surface area contributed by atoms with Crippen molar-refractivity contribution in [3.63, 3.8) is 0 Å². The van der Waals surface area contributed by atoms with Crippen LogP contribution in [0, 0.1) is 5.92 Å². The Morgan fingerprint density at radius 1 is 1.03 bits per heavy atom. The molecule has 3 fully saturated rings. The number of morpholine rings is 1. The van der Waals surface area contributed by atoms with Gasteiger partial charge in [-0.1, -0.05) is 6.07 Å². The third-order valence-electron chi connectivity index (χ3n) is 6.23. The summed E-state index contributed by atoms with van der Waals surface area (Å²) in [5.74, 6) is -0.153. The molecule has 0 unspecified atom stereocenters. The molecule has 3 aliphatic rings. The van der Waals surface area contributed by atoms with Gasteiger partial charge in [0, 0.05) is 52.4 Å². The maximum Gasteiger partial charge on any atom is 0.252 e. The first kappa shape index (κ1) is 22.7. The third kappa shape index (κ3) is 5.28. The SMILES string of the molecule is O=C(CN1CCN(C(=O)[C@H]2CCCN(S(=O)(=O)c3cccs3)C2)CC1)N1CCOCC1. The Morgan fingerprint density at radius 2 is 1.77 bits per heavy atom. The number of piperazine rings is 1. The average molecular weight is 471 g/mol. The van der Waals surface area contributed by atoms with Gasteiger partial charge >= 0.3 is 0 Å². The minimum Gasteiger partial charge on any atom is -0.378 e. The van der Waals surface area contributed by atoms with Crippen LogP contribution in [0.15, 0.2) is 21.7 Å². The molecule has 0 aliphatic carbocycles. The van der Waals surface area contributed by atoms with Gasteiger partial charge in [0.25, 0.3) is 10.0 Å². The van der Waals surface area contributed by atoms with Crippen LogP contribution in [0.25, 0.3) is 0 Å². The van der Waals surface area contributed by atoms with Gasteiger partial charge in [0.15, 0.2) is 0 Å². The first-order chi connectivity index (χ1) is 14.9. The van der Waals surface area contributed by atoms with Crippen LogP contribution in [0.4, 0.5) is 0 Å². The fourth-order valence-corrected chi connectivity index (χ4v) is 7.06. The first-order valence-corrected chi connectivity index (χ1v) is 13.2. The number of amides is 2. The highest BCUT2D eigenvalue weighted by atomic mass is 32.2. The van der Waals surface area contributed by atoms with Gasteiger partial charge in [-0.15, -0.1) is 11.3 Å². The van der Waals surface area contributed by atoms with E-state index >= 15 is 0 Å². The standard InChI is InChI=1S/C20H30N4O5S2/c25-18(22-10-12-29-13-11-22)16-21-6-8-23(9-7-21)20(26)17-3-1-5-24(15-17)31(27,28)19-4-2-14-30-19/h2,4,14,17H,1,3,5-13,15-16H2/t17-/m0/s1. The predicted molar refractivity (Wildman–Crippen MR) is 116 cm³/mol. The molecule has 0 bridgehead atoms. The molecule has 172 valence electrons. The minimum atomic E-state index is -3.53. The summed E-state index contributed by atoms with van der Waals surface area (Å²) in [4.78, 5) is 31.3. The van der Waals surface area contributed by atoms with Gasteiger partial charge in [0.1, 0.15) is 4.21 Å². The number of ether oxygens (including phenoxy) is 1. The molecule has 0 spiro atoms. The van der Waals surface area contributed by atoms with E-state index in [2.05, 4.69) is 4.90 Å². The van der Waals surface area contributed by atoms with E-state index in [-0.39, 0.29) is 24.3 Å². The van der Waals surface area contributed by atoms with Gasteiger partial charge in [0.05, 0.1) is 25.7 Å². The second-order valence-electron chi connectivity index (χ2n) is 8.23. The minimum absolute atomic E-state index is 0.0326. The predicted octanol–water partition coefficient (Wildman–Crippen LogP) is 0.152. The molecule has 1 atom stereocenters. The molecule has 4 rings (SSSR count). The highest BCUT2D eigenvalue weighted by Gasteiger charge is 2.36. The van der Waals surface area contributed by atoms with Crippen LogP contribution >= 0.6 is 11.3 Å². The van der Waals surface area contributed by atoms with E-state index in [0.717, 1.165) is 0 Å². The summed E-state index contributed by atoms with van der Waals surface area (Å²) >= 11 is 1.21. The molecule has 31 heavy (non-hydrogen) atoms. The van der Waals surface area contributed by atoms with Crippen molar-refractivity contribution in [1.29, 1.82) is 0 Å². The van der Waals surface area contributed by atoms with Crippen LogP contribution in [0.1, 0.15) is 12.8 Å². The van der Waals surface area contributed by atoms with E-state index in [1.54, 1.807) is 17.5 Å². The fraction of sp³-hybridized carbons (Fsp3) is 0.700. The maximum absolute atomic E-state index is 13.1. The second-order valence-corrected chi connectivity index (χ2v) is 11.3. The Kier molecular flexibility index (Phi) is 7.27.